The standard InChI is InChI=1S/C18H14N2O2S2/c19-10-12-3-1-4-13(9-12)18(22)20-11-14-6-7-16(24-14)17(21)15-5-2-8-23-15/h1-9,17,21H,11H2,(H,20,22)/t17-/m1/s1. The maximum absolute atomic E-state index is 12.1. The molecule has 2 N–H and O–H groups in total. The molecule has 3 rings (SSSR count). The largest absolute Gasteiger partial charge is 0.382 e. The van der Waals surface area contributed by atoms with Gasteiger partial charge < -0.3 is 10.4 Å². The van der Waals surface area contributed by atoms with Gasteiger partial charge in [0, 0.05) is 20.2 Å². The number of hydrogen-bond donors (Lipinski definition) is 2. The molecule has 4 nitrogen and oxygen atoms in total. The van der Waals surface area contributed by atoms with Gasteiger partial charge >= 0.3 is 0 Å². The van der Waals surface area contributed by atoms with E-state index in [2.05, 4.69) is 5.32 Å². The molecule has 0 aliphatic heterocycles. The third-order valence-corrected chi connectivity index (χ3v) is 5.50. The topological polar surface area (TPSA) is 73.1 Å². The number of nitriles is 1. The van der Waals surface area contributed by atoms with Crippen LogP contribution in [-0.2, 0) is 6.54 Å². The van der Waals surface area contributed by atoms with Gasteiger partial charge in [0.2, 0.25) is 0 Å². The first kappa shape index (κ1) is 16.4. The summed E-state index contributed by atoms with van der Waals surface area (Å²) in [7, 11) is 0. The van der Waals surface area contributed by atoms with E-state index in [1.807, 2.05) is 35.7 Å². The van der Waals surface area contributed by atoms with Crippen molar-refractivity contribution in [3.05, 3.63) is 79.7 Å². The summed E-state index contributed by atoms with van der Waals surface area (Å²) >= 11 is 2.99. The monoisotopic (exact) mass is 354 g/mol. The number of aliphatic hydroxyl groups is 1. The molecule has 0 saturated carbocycles. The van der Waals surface area contributed by atoms with Gasteiger partial charge in [0.25, 0.3) is 5.91 Å². The molecule has 0 saturated heterocycles. The van der Waals surface area contributed by atoms with Crippen molar-refractivity contribution >= 4 is 28.6 Å². The van der Waals surface area contributed by atoms with E-state index in [9.17, 15) is 9.90 Å². The number of nitrogens with one attached hydrogen (secondary N) is 1. The minimum Gasteiger partial charge on any atom is -0.382 e. The number of carbonyl (C=O) groups excluding carboxylic acids is 1. The van der Waals surface area contributed by atoms with E-state index < -0.39 is 6.10 Å². The maximum atomic E-state index is 12.1. The van der Waals surface area contributed by atoms with Crippen LogP contribution in [0, 0.1) is 11.3 Å². The molecule has 0 radical (unpaired) electrons. The molecule has 0 aliphatic rings. The number of hydrogen-bond acceptors (Lipinski definition) is 5. The van der Waals surface area contributed by atoms with Gasteiger partial charge in [-0.15, -0.1) is 22.7 Å². The van der Waals surface area contributed by atoms with Crippen molar-refractivity contribution in [1.82, 2.24) is 5.32 Å². The summed E-state index contributed by atoms with van der Waals surface area (Å²) in [6, 6.07) is 16.2. The molecule has 0 fully saturated rings. The number of nitrogens with zero attached hydrogens (tertiary/aromatic N) is 1. The summed E-state index contributed by atoms with van der Waals surface area (Å²) in [5.74, 6) is -0.221. The Morgan fingerprint density at radius 2 is 2.08 bits per heavy atom. The SMILES string of the molecule is N#Cc1cccc(C(=O)NCc2ccc([C@H](O)c3cccs3)s2)c1. The number of rotatable bonds is 5. The summed E-state index contributed by atoms with van der Waals surface area (Å²) < 4.78 is 0. The Kier molecular flexibility index (Phi) is 5.06. The van der Waals surface area contributed by atoms with E-state index in [1.165, 1.54) is 22.7 Å². The predicted octanol–water partition coefficient (Wildman–Crippen LogP) is 3.69. The number of carbonyl (C=O) groups is 1. The molecule has 2 heterocycles. The number of thiophene rings is 2. The summed E-state index contributed by atoms with van der Waals surface area (Å²) in [6.45, 7) is 0.386. The zero-order valence-corrected chi connectivity index (χ0v) is 14.2. The van der Waals surface area contributed by atoms with Gasteiger partial charge in [-0.2, -0.15) is 5.26 Å². The molecule has 0 bridgehead atoms. The average molecular weight is 354 g/mol. The quantitative estimate of drug-likeness (QED) is 0.734. The Morgan fingerprint density at radius 1 is 1.21 bits per heavy atom. The van der Waals surface area contributed by atoms with Crippen molar-refractivity contribution in [1.29, 1.82) is 5.26 Å². The third kappa shape index (κ3) is 3.71. The highest BCUT2D eigenvalue weighted by Crippen LogP contribution is 2.30. The van der Waals surface area contributed by atoms with E-state index in [0.29, 0.717) is 17.7 Å². The molecule has 1 aromatic carbocycles. The first-order valence-electron chi connectivity index (χ1n) is 7.26. The Bertz CT molecular complexity index is 879. The minimum absolute atomic E-state index is 0.221. The molecule has 1 atom stereocenters. The molecule has 2 aromatic heterocycles. The number of amides is 1. The van der Waals surface area contributed by atoms with Crippen LogP contribution < -0.4 is 5.32 Å². The molecule has 24 heavy (non-hydrogen) atoms. The van der Waals surface area contributed by atoms with E-state index >= 15 is 0 Å². The molecule has 120 valence electrons. The Morgan fingerprint density at radius 3 is 2.83 bits per heavy atom. The van der Waals surface area contributed by atoms with Gasteiger partial charge in [0.05, 0.1) is 18.2 Å². The van der Waals surface area contributed by atoms with Crippen molar-refractivity contribution in [2.24, 2.45) is 0 Å². The Labute approximate surface area is 147 Å². The Balaban J connectivity index is 1.63. The predicted molar refractivity (Wildman–Crippen MR) is 95.0 cm³/mol. The third-order valence-electron chi connectivity index (χ3n) is 3.44. The smallest absolute Gasteiger partial charge is 0.251 e. The number of aliphatic hydroxyl groups excluding tert-OH is 1. The molecular formula is C18H14N2O2S2. The second kappa shape index (κ2) is 7.41. The van der Waals surface area contributed by atoms with E-state index in [1.54, 1.807) is 24.3 Å². The van der Waals surface area contributed by atoms with Crippen LogP contribution in [-0.4, -0.2) is 11.0 Å². The molecule has 0 unspecified atom stereocenters. The molecule has 0 aliphatic carbocycles. The highest BCUT2D eigenvalue weighted by molar-refractivity contribution is 7.12. The average Bonchev–Trinajstić information content (AvgIpc) is 3.31. The van der Waals surface area contributed by atoms with Gasteiger partial charge in [-0.25, -0.2) is 0 Å². The second-order valence-electron chi connectivity index (χ2n) is 5.10. The summed E-state index contributed by atoms with van der Waals surface area (Å²) in [5, 5.41) is 24.0. The lowest BCUT2D eigenvalue weighted by Crippen LogP contribution is -2.22. The Hall–Kier alpha value is -2.46. The summed E-state index contributed by atoms with van der Waals surface area (Å²) in [6.07, 6.45) is -0.619. The lowest BCUT2D eigenvalue weighted by molar-refractivity contribution is 0.0951. The fourth-order valence-electron chi connectivity index (χ4n) is 2.22. The molecule has 6 heteroatoms. The van der Waals surface area contributed by atoms with Gasteiger partial charge in [0.1, 0.15) is 6.10 Å². The van der Waals surface area contributed by atoms with E-state index in [4.69, 9.17) is 5.26 Å². The lowest BCUT2D eigenvalue weighted by atomic mass is 10.1. The second-order valence-corrected chi connectivity index (χ2v) is 7.28. The summed E-state index contributed by atoms with van der Waals surface area (Å²) in [4.78, 5) is 14.9. The van der Waals surface area contributed by atoms with Gasteiger partial charge in [0.15, 0.2) is 0 Å². The normalized spacial score (nSPS) is 11.7. The molecule has 1 amide bonds. The zero-order valence-electron chi connectivity index (χ0n) is 12.6. The van der Waals surface area contributed by atoms with Crippen LogP contribution in [0.25, 0.3) is 0 Å². The first-order valence-corrected chi connectivity index (χ1v) is 8.95. The van der Waals surface area contributed by atoms with Gasteiger partial charge in [-0.1, -0.05) is 12.1 Å². The molecular weight excluding hydrogens is 340 g/mol. The van der Waals surface area contributed by atoms with Crippen LogP contribution in [0.1, 0.15) is 36.7 Å². The van der Waals surface area contributed by atoms with Crippen molar-refractivity contribution in [2.45, 2.75) is 12.6 Å². The highest BCUT2D eigenvalue weighted by Gasteiger charge is 2.14. The number of benzene rings is 1. The van der Waals surface area contributed by atoms with Crippen LogP contribution >= 0.6 is 22.7 Å². The van der Waals surface area contributed by atoms with Crippen LogP contribution in [0.3, 0.4) is 0 Å². The van der Waals surface area contributed by atoms with Gasteiger partial charge in [-0.3, -0.25) is 4.79 Å². The maximum Gasteiger partial charge on any atom is 0.251 e. The zero-order chi connectivity index (χ0) is 16.9. The van der Waals surface area contributed by atoms with Gasteiger partial charge in [-0.05, 0) is 41.8 Å². The highest BCUT2D eigenvalue weighted by atomic mass is 32.1. The van der Waals surface area contributed by atoms with E-state index in [0.717, 1.165) is 14.6 Å². The minimum atomic E-state index is -0.619. The van der Waals surface area contributed by atoms with E-state index in [-0.39, 0.29) is 5.91 Å². The van der Waals surface area contributed by atoms with Crippen LogP contribution in [0.5, 0.6) is 0 Å². The fraction of sp³-hybridized carbons (Fsp3) is 0.111. The summed E-state index contributed by atoms with van der Waals surface area (Å²) in [5.41, 5.74) is 0.921. The van der Waals surface area contributed by atoms with Crippen molar-refractivity contribution in [3.8, 4) is 6.07 Å². The van der Waals surface area contributed by atoms with Crippen molar-refractivity contribution in [2.75, 3.05) is 0 Å². The fourth-order valence-corrected chi connectivity index (χ4v) is 3.98. The van der Waals surface area contributed by atoms with Crippen LogP contribution in [0.4, 0.5) is 0 Å². The first-order chi connectivity index (χ1) is 11.7. The van der Waals surface area contributed by atoms with Crippen LogP contribution in [0.2, 0.25) is 0 Å². The molecule has 0 spiro atoms. The van der Waals surface area contributed by atoms with Crippen molar-refractivity contribution < 1.29 is 9.90 Å². The lowest BCUT2D eigenvalue weighted by Gasteiger charge is -2.05. The van der Waals surface area contributed by atoms with Crippen LogP contribution in [0.15, 0.2) is 53.9 Å². The van der Waals surface area contributed by atoms with Crippen molar-refractivity contribution in [3.63, 3.8) is 0 Å². The molecule has 3 aromatic rings.